The van der Waals surface area contributed by atoms with Gasteiger partial charge in [0.05, 0.1) is 18.9 Å². The maximum atomic E-state index is 11.1. The van der Waals surface area contributed by atoms with Gasteiger partial charge in [0.15, 0.2) is 0 Å². The Morgan fingerprint density at radius 2 is 2.24 bits per heavy atom. The van der Waals surface area contributed by atoms with Crippen molar-refractivity contribution in [3.63, 3.8) is 0 Å². The van der Waals surface area contributed by atoms with E-state index in [1.165, 1.54) is 6.08 Å². The number of carbonyl (C=O) groups is 1. The number of nitrogens with zero attached hydrogens (tertiary/aromatic N) is 2. The highest BCUT2D eigenvalue weighted by Crippen LogP contribution is 2.20. The minimum Gasteiger partial charge on any atom is -0.383 e. The fourth-order valence-electron chi connectivity index (χ4n) is 2.28. The average Bonchev–Trinajstić information content (AvgIpc) is 2.97. The van der Waals surface area contributed by atoms with Gasteiger partial charge in [-0.3, -0.25) is 14.4 Å². The van der Waals surface area contributed by atoms with Crippen molar-refractivity contribution in [3.8, 4) is 0 Å². The summed E-state index contributed by atoms with van der Waals surface area (Å²) in [5, 5.41) is 20.6. The van der Waals surface area contributed by atoms with E-state index >= 15 is 0 Å². The Kier molecular flexibility index (Phi) is 7.36. The molecular formula is C16H22N4O5. The molecule has 2 aromatic rings. The van der Waals surface area contributed by atoms with Gasteiger partial charge < -0.3 is 19.9 Å². The van der Waals surface area contributed by atoms with E-state index in [9.17, 15) is 4.79 Å². The number of anilines is 1. The van der Waals surface area contributed by atoms with E-state index < -0.39 is 5.91 Å². The number of hydroxylamine groups is 1. The number of aromatic nitrogens is 2. The minimum atomic E-state index is -0.606. The number of methoxy groups -OCH3 is 1. The molecule has 0 aliphatic carbocycles. The van der Waals surface area contributed by atoms with Crippen molar-refractivity contribution in [2.45, 2.75) is 6.42 Å². The Bertz CT molecular complexity index is 729. The van der Waals surface area contributed by atoms with E-state index in [0.29, 0.717) is 26.2 Å². The predicted octanol–water partition coefficient (Wildman–Crippen LogP) is 0.420. The molecule has 0 unspecified atom stereocenters. The van der Waals surface area contributed by atoms with Gasteiger partial charge in [-0.05, 0) is 23.8 Å². The van der Waals surface area contributed by atoms with Gasteiger partial charge in [0.2, 0.25) is 0 Å². The SMILES string of the molecule is COCCNc1c(CCOCO)nc2ccc(C=CC(=O)NO)cn12. The number of pyridine rings is 1. The van der Waals surface area contributed by atoms with Gasteiger partial charge in [0.25, 0.3) is 5.91 Å². The van der Waals surface area contributed by atoms with Crippen molar-refractivity contribution in [1.82, 2.24) is 14.9 Å². The van der Waals surface area contributed by atoms with E-state index in [1.807, 2.05) is 22.7 Å². The van der Waals surface area contributed by atoms with E-state index in [4.69, 9.17) is 19.8 Å². The Morgan fingerprint density at radius 1 is 1.40 bits per heavy atom. The summed E-state index contributed by atoms with van der Waals surface area (Å²) < 4.78 is 11.9. The maximum Gasteiger partial charge on any atom is 0.267 e. The second-order valence-corrected chi connectivity index (χ2v) is 5.11. The average molecular weight is 350 g/mol. The Balaban J connectivity index is 2.31. The molecule has 0 saturated carbocycles. The molecule has 1 amide bonds. The zero-order valence-electron chi connectivity index (χ0n) is 13.9. The number of imidazole rings is 1. The van der Waals surface area contributed by atoms with Crippen LogP contribution in [0.2, 0.25) is 0 Å². The van der Waals surface area contributed by atoms with Gasteiger partial charge in [-0.25, -0.2) is 10.5 Å². The molecule has 0 fully saturated rings. The molecule has 25 heavy (non-hydrogen) atoms. The van der Waals surface area contributed by atoms with Gasteiger partial charge >= 0.3 is 0 Å². The van der Waals surface area contributed by atoms with E-state index in [2.05, 4.69) is 10.3 Å². The third-order valence-electron chi connectivity index (χ3n) is 3.42. The van der Waals surface area contributed by atoms with Crippen LogP contribution in [0.3, 0.4) is 0 Å². The fourth-order valence-corrected chi connectivity index (χ4v) is 2.28. The Hall–Kier alpha value is -2.46. The molecule has 0 spiro atoms. The number of hydrogen-bond acceptors (Lipinski definition) is 7. The van der Waals surface area contributed by atoms with Crippen LogP contribution in [0.25, 0.3) is 11.7 Å². The number of nitrogens with one attached hydrogen (secondary N) is 2. The van der Waals surface area contributed by atoms with Gasteiger partial charge in [0, 0.05) is 32.3 Å². The van der Waals surface area contributed by atoms with Gasteiger partial charge in [0.1, 0.15) is 18.3 Å². The first-order valence-corrected chi connectivity index (χ1v) is 7.74. The molecule has 9 nitrogen and oxygen atoms in total. The monoisotopic (exact) mass is 350 g/mol. The van der Waals surface area contributed by atoms with Crippen LogP contribution < -0.4 is 10.8 Å². The number of ether oxygens (including phenoxy) is 2. The second-order valence-electron chi connectivity index (χ2n) is 5.11. The van der Waals surface area contributed by atoms with Crippen molar-refractivity contribution in [2.24, 2.45) is 0 Å². The Labute approximate surface area is 144 Å². The zero-order chi connectivity index (χ0) is 18.1. The summed E-state index contributed by atoms with van der Waals surface area (Å²) in [5.74, 6) is 0.196. The van der Waals surface area contributed by atoms with Crippen LogP contribution in [-0.2, 0) is 20.7 Å². The molecule has 0 bridgehead atoms. The molecule has 136 valence electrons. The number of fused-ring (bicyclic) bond motifs is 1. The largest absolute Gasteiger partial charge is 0.383 e. The third kappa shape index (κ3) is 5.26. The van der Waals surface area contributed by atoms with Crippen LogP contribution in [0.4, 0.5) is 5.82 Å². The van der Waals surface area contributed by atoms with E-state index in [0.717, 1.165) is 22.7 Å². The summed E-state index contributed by atoms with van der Waals surface area (Å²) >= 11 is 0. The molecule has 0 atom stereocenters. The first kappa shape index (κ1) is 18.9. The van der Waals surface area contributed by atoms with Crippen LogP contribution in [-0.4, -0.2) is 59.3 Å². The quantitative estimate of drug-likeness (QED) is 0.161. The molecule has 0 saturated heterocycles. The second kappa shape index (κ2) is 9.74. The number of carbonyl (C=O) groups excluding carboxylic acids is 1. The summed E-state index contributed by atoms with van der Waals surface area (Å²) in [6.07, 6.45) is 5.18. The third-order valence-corrected chi connectivity index (χ3v) is 3.42. The van der Waals surface area contributed by atoms with Crippen LogP contribution >= 0.6 is 0 Å². The highest BCUT2D eigenvalue weighted by Gasteiger charge is 2.12. The first-order valence-electron chi connectivity index (χ1n) is 7.74. The lowest BCUT2D eigenvalue weighted by atomic mass is 10.2. The van der Waals surface area contributed by atoms with Crippen molar-refractivity contribution >= 4 is 23.4 Å². The van der Waals surface area contributed by atoms with Crippen LogP contribution in [0, 0.1) is 0 Å². The van der Waals surface area contributed by atoms with E-state index in [1.54, 1.807) is 18.7 Å². The lowest BCUT2D eigenvalue weighted by molar-refractivity contribution is -0.124. The lowest BCUT2D eigenvalue weighted by Gasteiger charge is -2.08. The van der Waals surface area contributed by atoms with Crippen molar-refractivity contribution in [1.29, 1.82) is 0 Å². The van der Waals surface area contributed by atoms with Crippen molar-refractivity contribution in [3.05, 3.63) is 35.7 Å². The molecule has 9 heteroatoms. The smallest absolute Gasteiger partial charge is 0.267 e. The summed E-state index contributed by atoms with van der Waals surface area (Å²) in [6.45, 7) is 1.16. The van der Waals surface area contributed by atoms with Crippen LogP contribution in [0.5, 0.6) is 0 Å². The van der Waals surface area contributed by atoms with Gasteiger partial charge in [-0.1, -0.05) is 0 Å². The normalized spacial score (nSPS) is 11.3. The van der Waals surface area contributed by atoms with E-state index in [-0.39, 0.29) is 6.79 Å². The van der Waals surface area contributed by atoms with Gasteiger partial charge in [-0.2, -0.15) is 0 Å². The number of hydrogen-bond donors (Lipinski definition) is 4. The predicted molar refractivity (Wildman–Crippen MR) is 91.3 cm³/mol. The first-order chi connectivity index (χ1) is 12.2. The van der Waals surface area contributed by atoms with Crippen molar-refractivity contribution in [2.75, 3.05) is 39.0 Å². The molecule has 2 rings (SSSR count). The number of aliphatic hydroxyl groups excluding tert-OH is 1. The van der Waals surface area contributed by atoms with Crippen LogP contribution in [0.1, 0.15) is 11.3 Å². The highest BCUT2D eigenvalue weighted by molar-refractivity contribution is 5.90. The van der Waals surface area contributed by atoms with Crippen LogP contribution in [0.15, 0.2) is 24.4 Å². The summed E-state index contributed by atoms with van der Waals surface area (Å²) in [6, 6.07) is 3.64. The molecular weight excluding hydrogens is 328 g/mol. The molecule has 0 aliphatic heterocycles. The molecule has 4 N–H and O–H groups in total. The summed E-state index contributed by atoms with van der Waals surface area (Å²) in [7, 11) is 1.63. The van der Waals surface area contributed by atoms with Crippen molar-refractivity contribution < 1.29 is 24.6 Å². The molecule has 0 aliphatic rings. The topological polar surface area (TPSA) is 117 Å². The maximum absolute atomic E-state index is 11.1. The standard InChI is InChI=1S/C16H22N4O5/c1-24-9-7-17-16-13(6-8-25-11-21)18-14-4-2-12(10-20(14)16)3-5-15(22)19-23/h2-5,10,17,21,23H,6-9,11H2,1H3,(H,19,22). The zero-order valence-corrected chi connectivity index (χ0v) is 13.9. The molecule has 2 heterocycles. The minimum absolute atomic E-state index is 0.332. The highest BCUT2D eigenvalue weighted by atomic mass is 16.6. The lowest BCUT2D eigenvalue weighted by Crippen LogP contribution is -2.14. The van der Waals surface area contributed by atoms with Gasteiger partial charge in [-0.15, -0.1) is 0 Å². The number of amides is 1. The number of rotatable bonds is 10. The Morgan fingerprint density at radius 3 is 2.96 bits per heavy atom. The summed E-state index contributed by atoms with van der Waals surface area (Å²) in [5.41, 5.74) is 3.85. The summed E-state index contributed by atoms with van der Waals surface area (Å²) in [4.78, 5) is 15.7. The number of aliphatic hydroxyl groups is 1. The molecule has 2 aromatic heterocycles. The molecule has 0 aromatic carbocycles. The molecule has 0 radical (unpaired) electrons. The fraction of sp³-hybridized carbons (Fsp3) is 0.375.